The van der Waals surface area contributed by atoms with Crippen molar-refractivity contribution in [3.05, 3.63) is 36.9 Å². The van der Waals surface area contributed by atoms with E-state index in [1.807, 2.05) is 39.8 Å². The van der Waals surface area contributed by atoms with Gasteiger partial charge in [-0.15, -0.1) is 16.8 Å². The number of carbonyl (C=O) groups is 1. The molecule has 1 amide bonds. The molecule has 0 saturated carbocycles. The highest BCUT2D eigenvalue weighted by atomic mass is 32.2. The number of carbonyl (C=O) groups excluding carboxylic acids is 1. The molecule has 1 saturated heterocycles. The summed E-state index contributed by atoms with van der Waals surface area (Å²) in [4.78, 5) is 14.9. The van der Waals surface area contributed by atoms with Crippen LogP contribution in [0.25, 0.3) is 11.4 Å². The van der Waals surface area contributed by atoms with E-state index in [0.29, 0.717) is 24.4 Å². The summed E-state index contributed by atoms with van der Waals surface area (Å²) in [6.07, 6.45) is 5.17. The quantitative estimate of drug-likeness (QED) is 0.519. The van der Waals surface area contributed by atoms with Gasteiger partial charge in [0.25, 0.3) is 0 Å². The van der Waals surface area contributed by atoms with Gasteiger partial charge in [-0.1, -0.05) is 17.8 Å². The molecule has 2 atom stereocenters. The van der Waals surface area contributed by atoms with Crippen molar-refractivity contribution in [1.82, 2.24) is 19.7 Å². The van der Waals surface area contributed by atoms with Gasteiger partial charge in [0.2, 0.25) is 5.91 Å². The predicted octanol–water partition coefficient (Wildman–Crippen LogP) is 4.02. The number of thioether (sulfide) groups is 1. The molecule has 6 nitrogen and oxygen atoms in total. The number of ether oxygens (including phenoxy) is 1. The molecule has 1 aromatic carbocycles. The standard InChI is InChI=1S/C21H28N4O2S/c1-5-13-24-20(17-9-11-18(27-4)12-10-17)22-23-21(24)28-14-19(26)25-15(2)7-6-8-16(25)3/h5,9-12,15-16H,1,6-8,13-14H2,2-4H3. The number of nitrogens with zero attached hydrogens (tertiary/aromatic N) is 4. The minimum atomic E-state index is 0.170. The molecule has 3 rings (SSSR count). The van der Waals surface area contributed by atoms with Crippen LogP contribution in [-0.4, -0.2) is 50.5 Å². The lowest BCUT2D eigenvalue weighted by atomic mass is 9.98. The average Bonchev–Trinajstić information content (AvgIpc) is 3.09. The number of rotatable bonds is 7. The van der Waals surface area contributed by atoms with E-state index >= 15 is 0 Å². The maximum Gasteiger partial charge on any atom is 0.233 e. The first kappa shape index (κ1) is 20.5. The molecular weight excluding hydrogens is 372 g/mol. The number of allylic oxidation sites excluding steroid dienone is 1. The lowest BCUT2D eigenvalue weighted by Gasteiger charge is -2.39. The Morgan fingerprint density at radius 1 is 1.25 bits per heavy atom. The van der Waals surface area contributed by atoms with Gasteiger partial charge in [0, 0.05) is 24.2 Å². The molecule has 28 heavy (non-hydrogen) atoms. The summed E-state index contributed by atoms with van der Waals surface area (Å²) < 4.78 is 7.22. The van der Waals surface area contributed by atoms with E-state index in [0.717, 1.165) is 35.1 Å². The Kier molecular flexibility index (Phi) is 6.78. The first-order chi connectivity index (χ1) is 13.5. The van der Waals surface area contributed by atoms with Gasteiger partial charge in [-0.05, 0) is 57.4 Å². The number of methoxy groups -OCH3 is 1. The molecule has 1 aromatic heterocycles. The summed E-state index contributed by atoms with van der Waals surface area (Å²) >= 11 is 1.44. The summed E-state index contributed by atoms with van der Waals surface area (Å²) in [5.74, 6) is 2.09. The minimum absolute atomic E-state index is 0.170. The van der Waals surface area contributed by atoms with E-state index in [1.54, 1.807) is 7.11 Å². The monoisotopic (exact) mass is 400 g/mol. The molecule has 0 spiro atoms. The van der Waals surface area contributed by atoms with Gasteiger partial charge in [-0.25, -0.2) is 0 Å². The second-order valence-corrected chi connectivity index (χ2v) is 8.10. The third-order valence-corrected chi connectivity index (χ3v) is 6.13. The smallest absolute Gasteiger partial charge is 0.233 e. The minimum Gasteiger partial charge on any atom is -0.497 e. The SMILES string of the molecule is C=CCn1c(SCC(=O)N2C(C)CCCC2C)nnc1-c1ccc(OC)cc1. The van der Waals surface area contributed by atoms with E-state index < -0.39 is 0 Å². The van der Waals surface area contributed by atoms with E-state index in [9.17, 15) is 4.79 Å². The van der Waals surface area contributed by atoms with Gasteiger partial charge >= 0.3 is 0 Å². The number of hydrogen-bond donors (Lipinski definition) is 0. The molecule has 1 fully saturated rings. The lowest BCUT2D eigenvalue weighted by molar-refractivity contribution is -0.134. The zero-order valence-corrected chi connectivity index (χ0v) is 17.6. The molecule has 150 valence electrons. The van der Waals surface area contributed by atoms with Gasteiger partial charge in [0.15, 0.2) is 11.0 Å². The molecule has 1 aliphatic rings. The maximum atomic E-state index is 12.8. The van der Waals surface area contributed by atoms with E-state index in [-0.39, 0.29) is 5.91 Å². The Labute approximate surface area is 171 Å². The number of piperidine rings is 1. The van der Waals surface area contributed by atoms with Gasteiger partial charge in [-0.2, -0.15) is 0 Å². The molecule has 2 unspecified atom stereocenters. The topological polar surface area (TPSA) is 60.2 Å². The molecule has 1 aliphatic heterocycles. The molecule has 0 radical (unpaired) electrons. The number of amides is 1. The Bertz CT molecular complexity index is 808. The molecule has 0 aliphatic carbocycles. The third kappa shape index (κ3) is 4.41. The van der Waals surface area contributed by atoms with Gasteiger partial charge in [-0.3, -0.25) is 9.36 Å². The van der Waals surface area contributed by atoms with Crippen LogP contribution in [0.4, 0.5) is 0 Å². The molecular formula is C21H28N4O2S. The zero-order valence-electron chi connectivity index (χ0n) is 16.8. The van der Waals surface area contributed by atoms with Crippen molar-refractivity contribution in [3.8, 4) is 17.1 Å². The van der Waals surface area contributed by atoms with Crippen LogP contribution in [0.3, 0.4) is 0 Å². The summed E-state index contributed by atoms with van der Waals surface area (Å²) in [6.45, 7) is 8.71. The largest absolute Gasteiger partial charge is 0.497 e. The van der Waals surface area contributed by atoms with Crippen molar-refractivity contribution >= 4 is 17.7 Å². The normalized spacial score (nSPS) is 19.5. The zero-order chi connectivity index (χ0) is 20.1. The number of likely N-dealkylation sites (tertiary alicyclic amines) is 1. The highest BCUT2D eigenvalue weighted by molar-refractivity contribution is 7.99. The Balaban J connectivity index is 1.75. The molecule has 2 aromatic rings. The fourth-order valence-corrected chi connectivity index (χ4v) is 4.57. The van der Waals surface area contributed by atoms with Crippen LogP contribution in [-0.2, 0) is 11.3 Å². The van der Waals surface area contributed by atoms with Crippen molar-refractivity contribution in [2.75, 3.05) is 12.9 Å². The molecule has 2 heterocycles. The Morgan fingerprint density at radius 3 is 2.54 bits per heavy atom. The Hall–Kier alpha value is -2.28. The van der Waals surface area contributed by atoms with Crippen LogP contribution in [0.1, 0.15) is 33.1 Å². The van der Waals surface area contributed by atoms with E-state index in [4.69, 9.17) is 4.74 Å². The molecule has 0 bridgehead atoms. The summed E-state index contributed by atoms with van der Waals surface area (Å²) in [5, 5.41) is 9.43. The lowest BCUT2D eigenvalue weighted by Crippen LogP contribution is -2.48. The number of hydrogen-bond acceptors (Lipinski definition) is 5. The van der Waals surface area contributed by atoms with Crippen LogP contribution in [0.15, 0.2) is 42.1 Å². The Morgan fingerprint density at radius 2 is 1.93 bits per heavy atom. The average molecular weight is 401 g/mol. The van der Waals surface area contributed by atoms with E-state index in [1.165, 1.54) is 18.2 Å². The van der Waals surface area contributed by atoms with Gasteiger partial charge in [0.1, 0.15) is 5.75 Å². The summed E-state index contributed by atoms with van der Waals surface area (Å²) in [7, 11) is 1.64. The molecule has 0 N–H and O–H groups in total. The van der Waals surface area contributed by atoms with Crippen molar-refractivity contribution < 1.29 is 9.53 Å². The highest BCUT2D eigenvalue weighted by Crippen LogP contribution is 2.28. The highest BCUT2D eigenvalue weighted by Gasteiger charge is 2.29. The number of aromatic nitrogens is 3. The summed E-state index contributed by atoms with van der Waals surface area (Å²) in [6, 6.07) is 8.32. The van der Waals surface area contributed by atoms with Crippen molar-refractivity contribution in [1.29, 1.82) is 0 Å². The van der Waals surface area contributed by atoms with E-state index in [2.05, 4.69) is 30.6 Å². The first-order valence-corrected chi connectivity index (χ1v) is 10.7. The van der Waals surface area contributed by atoms with Crippen molar-refractivity contribution in [3.63, 3.8) is 0 Å². The molecule has 7 heteroatoms. The van der Waals surface area contributed by atoms with Gasteiger partial charge < -0.3 is 9.64 Å². The maximum absolute atomic E-state index is 12.8. The van der Waals surface area contributed by atoms with Crippen LogP contribution >= 0.6 is 11.8 Å². The summed E-state index contributed by atoms with van der Waals surface area (Å²) in [5.41, 5.74) is 0.951. The van der Waals surface area contributed by atoms with Crippen LogP contribution in [0.2, 0.25) is 0 Å². The predicted molar refractivity (Wildman–Crippen MR) is 113 cm³/mol. The fourth-order valence-electron chi connectivity index (χ4n) is 3.76. The third-order valence-electron chi connectivity index (χ3n) is 5.18. The van der Waals surface area contributed by atoms with Crippen LogP contribution < -0.4 is 4.74 Å². The first-order valence-electron chi connectivity index (χ1n) is 9.67. The van der Waals surface area contributed by atoms with Crippen LogP contribution in [0.5, 0.6) is 5.75 Å². The second-order valence-electron chi connectivity index (χ2n) is 7.15. The van der Waals surface area contributed by atoms with Crippen LogP contribution in [0, 0.1) is 0 Å². The van der Waals surface area contributed by atoms with Crippen molar-refractivity contribution in [2.24, 2.45) is 0 Å². The van der Waals surface area contributed by atoms with Gasteiger partial charge in [0.05, 0.1) is 12.9 Å². The van der Waals surface area contributed by atoms with Crippen molar-refractivity contribution in [2.45, 2.75) is 56.9 Å². The second kappa shape index (κ2) is 9.28. The fraction of sp³-hybridized carbons (Fsp3) is 0.476. The number of benzene rings is 1.